The van der Waals surface area contributed by atoms with E-state index in [4.69, 9.17) is 17.2 Å². The summed E-state index contributed by atoms with van der Waals surface area (Å²) in [5, 5.41) is 26.1. The minimum atomic E-state index is -1.53. The molecule has 0 heterocycles. The molecule has 0 bridgehead atoms. The number of thioether (sulfide) groups is 1. The Morgan fingerprint density at radius 1 is 0.842 bits per heavy atom. The summed E-state index contributed by atoms with van der Waals surface area (Å²) in [6.45, 7) is 0. The van der Waals surface area contributed by atoms with Gasteiger partial charge in [-0.1, -0.05) is 12.1 Å². The van der Waals surface area contributed by atoms with Gasteiger partial charge in [0.25, 0.3) is 0 Å². The molecule has 210 valence electrons. The fraction of sp³-hybridized carbons (Fsp3) is 0.478. The van der Waals surface area contributed by atoms with Crippen molar-refractivity contribution in [2.45, 2.75) is 56.3 Å². The molecule has 4 unspecified atom stereocenters. The number of nitrogens with one attached hydrogen (secondary N) is 3. The maximum Gasteiger partial charge on any atom is 0.326 e. The molecule has 0 aliphatic carbocycles. The van der Waals surface area contributed by atoms with Gasteiger partial charge in [0.15, 0.2) is 0 Å². The van der Waals surface area contributed by atoms with Crippen LogP contribution in [0.25, 0.3) is 0 Å². The summed E-state index contributed by atoms with van der Waals surface area (Å²) in [4.78, 5) is 72.6. The summed E-state index contributed by atoms with van der Waals surface area (Å²) in [6, 6.07) is 0.455. The molecule has 0 fully saturated rings. The predicted octanol–water partition coefficient (Wildman–Crippen LogP) is -2.30. The van der Waals surface area contributed by atoms with E-state index in [1.54, 1.807) is 6.26 Å². The fourth-order valence-corrected chi connectivity index (χ4v) is 3.71. The third kappa shape index (κ3) is 11.9. The molecule has 15 heteroatoms. The number of carbonyl (C=O) groups excluding carboxylic acids is 5. The van der Waals surface area contributed by atoms with Gasteiger partial charge in [-0.15, -0.1) is 0 Å². The maximum atomic E-state index is 13.0. The van der Waals surface area contributed by atoms with Crippen LogP contribution in [0.1, 0.15) is 31.2 Å². The maximum absolute atomic E-state index is 13.0. The largest absolute Gasteiger partial charge is 0.508 e. The Morgan fingerprint density at radius 3 is 1.92 bits per heavy atom. The highest BCUT2D eigenvalue weighted by Crippen LogP contribution is 2.12. The zero-order valence-electron chi connectivity index (χ0n) is 20.8. The van der Waals surface area contributed by atoms with E-state index in [2.05, 4.69) is 16.0 Å². The van der Waals surface area contributed by atoms with E-state index in [0.717, 1.165) is 0 Å². The third-order valence-corrected chi connectivity index (χ3v) is 5.96. The smallest absolute Gasteiger partial charge is 0.326 e. The van der Waals surface area contributed by atoms with E-state index in [-0.39, 0.29) is 31.4 Å². The molecular formula is C23H34N6O8S. The number of carboxylic acids is 1. The molecule has 5 amide bonds. The van der Waals surface area contributed by atoms with Crippen molar-refractivity contribution in [2.75, 3.05) is 12.0 Å². The third-order valence-electron chi connectivity index (χ3n) is 5.31. The lowest BCUT2D eigenvalue weighted by Gasteiger charge is -2.24. The van der Waals surface area contributed by atoms with E-state index in [1.165, 1.54) is 36.0 Å². The first-order valence-corrected chi connectivity index (χ1v) is 13.0. The van der Waals surface area contributed by atoms with Crippen LogP contribution < -0.4 is 33.2 Å². The Morgan fingerprint density at radius 2 is 1.39 bits per heavy atom. The number of rotatable bonds is 17. The van der Waals surface area contributed by atoms with Gasteiger partial charge in [0.2, 0.25) is 29.5 Å². The Balaban J connectivity index is 2.99. The highest BCUT2D eigenvalue weighted by molar-refractivity contribution is 7.98. The van der Waals surface area contributed by atoms with Gasteiger partial charge in [-0.05, 0) is 42.5 Å². The van der Waals surface area contributed by atoms with Gasteiger partial charge in [-0.3, -0.25) is 24.0 Å². The summed E-state index contributed by atoms with van der Waals surface area (Å²) in [7, 11) is 0. The average Bonchev–Trinajstić information content (AvgIpc) is 2.84. The Bertz CT molecular complexity index is 1010. The van der Waals surface area contributed by atoms with Crippen LogP contribution in [0.3, 0.4) is 0 Å². The van der Waals surface area contributed by atoms with Crippen LogP contribution in [-0.4, -0.2) is 81.9 Å². The van der Waals surface area contributed by atoms with E-state index < -0.39 is 66.1 Å². The number of nitrogens with two attached hydrogens (primary N) is 3. The number of carboxylic acid groups (broad SMARTS) is 1. The number of hydrogen-bond acceptors (Lipinski definition) is 9. The van der Waals surface area contributed by atoms with Crippen molar-refractivity contribution in [3.8, 4) is 5.75 Å². The second-order valence-electron chi connectivity index (χ2n) is 8.46. The number of amides is 5. The van der Waals surface area contributed by atoms with Crippen molar-refractivity contribution in [2.24, 2.45) is 17.2 Å². The zero-order valence-corrected chi connectivity index (χ0v) is 21.7. The van der Waals surface area contributed by atoms with Crippen LogP contribution in [-0.2, 0) is 35.2 Å². The van der Waals surface area contributed by atoms with Gasteiger partial charge < -0.3 is 43.4 Å². The molecule has 14 nitrogen and oxygen atoms in total. The molecule has 0 saturated heterocycles. The average molecular weight is 555 g/mol. The first-order chi connectivity index (χ1) is 17.8. The number of carbonyl (C=O) groups is 6. The van der Waals surface area contributed by atoms with Crippen molar-refractivity contribution in [1.82, 2.24) is 16.0 Å². The summed E-state index contributed by atoms with van der Waals surface area (Å²) in [6.07, 6.45) is 0.969. The Kier molecular flexibility index (Phi) is 13.6. The van der Waals surface area contributed by atoms with Crippen LogP contribution in [0, 0.1) is 0 Å². The Hall–Kier alpha value is -3.85. The van der Waals surface area contributed by atoms with Gasteiger partial charge in [0, 0.05) is 12.8 Å². The monoisotopic (exact) mass is 554 g/mol. The predicted molar refractivity (Wildman–Crippen MR) is 138 cm³/mol. The molecule has 1 aromatic rings. The van der Waals surface area contributed by atoms with Crippen molar-refractivity contribution in [3.05, 3.63) is 29.8 Å². The zero-order chi connectivity index (χ0) is 28.8. The van der Waals surface area contributed by atoms with Crippen LogP contribution in [0.15, 0.2) is 24.3 Å². The number of phenols is 1. The first kappa shape index (κ1) is 32.2. The molecule has 38 heavy (non-hydrogen) atoms. The first-order valence-electron chi connectivity index (χ1n) is 11.6. The quantitative estimate of drug-likeness (QED) is 0.102. The highest BCUT2D eigenvalue weighted by Gasteiger charge is 2.31. The standard InChI is InChI=1S/C23H34N6O8S/c1-38-9-8-15(27-20(33)14(24)6-7-18(25)31)21(34)28-16(11-19(26)32)22(35)29-17(23(36)37)10-12-2-4-13(30)5-3-12/h2-5,14-17,30H,6-11,24H2,1H3,(H2,25,31)(H2,26,32)(H,27,33)(H,28,34)(H,29,35)(H,36,37). The van der Waals surface area contributed by atoms with Crippen molar-refractivity contribution in [1.29, 1.82) is 0 Å². The van der Waals surface area contributed by atoms with Crippen LogP contribution >= 0.6 is 11.8 Å². The van der Waals surface area contributed by atoms with E-state index in [9.17, 15) is 39.0 Å². The Labute approximate surface area is 223 Å². The fourth-order valence-electron chi connectivity index (χ4n) is 3.24. The number of hydrogen-bond donors (Lipinski definition) is 8. The lowest BCUT2D eigenvalue weighted by molar-refractivity contribution is -0.142. The second kappa shape index (κ2) is 16.1. The van der Waals surface area contributed by atoms with Crippen molar-refractivity contribution in [3.63, 3.8) is 0 Å². The van der Waals surface area contributed by atoms with Gasteiger partial charge in [-0.25, -0.2) is 4.79 Å². The summed E-state index contributed by atoms with van der Waals surface area (Å²) in [5.74, 6) is -5.04. The second-order valence-corrected chi connectivity index (χ2v) is 9.44. The number of aromatic hydroxyl groups is 1. The summed E-state index contributed by atoms with van der Waals surface area (Å²) < 4.78 is 0. The van der Waals surface area contributed by atoms with E-state index in [1.807, 2.05) is 0 Å². The molecular weight excluding hydrogens is 520 g/mol. The van der Waals surface area contributed by atoms with Gasteiger partial charge in [0.1, 0.15) is 23.9 Å². The topological polar surface area (TPSA) is 257 Å². The van der Waals surface area contributed by atoms with Gasteiger partial charge in [0.05, 0.1) is 12.5 Å². The normalized spacial score (nSPS) is 13.8. The van der Waals surface area contributed by atoms with Gasteiger partial charge >= 0.3 is 5.97 Å². The number of benzene rings is 1. The van der Waals surface area contributed by atoms with E-state index in [0.29, 0.717) is 11.3 Å². The van der Waals surface area contributed by atoms with Crippen LogP contribution in [0.4, 0.5) is 0 Å². The molecule has 11 N–H and O–H groups in total. The molecule has 0 spiro atoms. The minimum absolute atomic E-state index is 0.0224. The molecule has 0 aromatic heterocycles. The molecule has 1 rings (SSSR count). The number of phenolic OH excluding ortho intramolecular Hbond substituents is 1. The van der Waals surface area contributed by atoms with Crippen molar-refractivity contribution < 1.29 is 39.0 Å². The number of primary amides is 2. The lowest BCUT2D eigenvalue weighted by Crippen LogP contribution is -2.58. The molecule has 0 saturated carbocycles. The van der Waals surface area contributed by atoms with Crippen LogP contribution in [0.2, 0.25) is 0 Å². The van der Waals surface area contributed by atoms with Crippen LogP contribution in [0.5, 0.6) is 5.75 Å². The molecule has 4 atom stereocenters. The highest BCUT2D eigenvalue weighted by atomic mass is 32.2. The van der Waals surface area contributed by atoms with Gasteiger partial charge in [-0.2, -0.15) is 11.8 Å². The minimum Gasteiger partial charge on any atom is -0.508 e. The summed E-state index contributed by atoms with van der Waals surface area (Å²) in [5.41, 5.74) is 16.6. The van der Waals surface area contributed by atoms with Crippen molar-refractivity contribution >= 4 is 47.3 Å². The van der Waals surface area contributed by atoms with E-state index >= 15 is 0 Å². The molecule has 1 aromatic carbocycles. The molecule has 0 aliphatic heterocycles. The lowest BCUT2D eigenvalue weighted by atomic mass is 10.0. The summed E-state index contributed by atoms with van der Waals surface area (Å²) >= 11 is 1.39. The molecule has 0 radical (unpaired) electrons. The molecule has 0 aliphatic rings. The SMILES string of the molecule is CSCCC(NC(=O)C(N)CCC(N)=O)C(=O)NC(CC(N)=O)C(=O)NC(Cc1ccc(O)cc1)C(=O)O. The number of aliphatic carboxylic acids is 1.